The van der Waals surface area contributed by atoms with E-state index in [0.717, 1.165) is 30.4 Å². The van der Waals surface area contributed by atoms with Crippen molar-refractivity contribution in [3.8, 4) is 29.4 Å². The molecule has 0 bridgehead atoms. The molecule has 0 fully saturated rings. The Kier molecular flexibility index (Phi) is 5.50. The SMILES string of the molecule is CCCCC#Cc1ccccc1C#Cc1ccccc1O. The molecule has 0 aromatic heterocycles. The number of hydrogen-bond donors (Lipinski definition) is 1. The lowest BCUT2D eigenvalue weighted by atomic mass is 10.1. The number of benzene rings is 2. The summed E-state index contributed by atoms with van der Waals surface area (Å²) in [6, 6.07) is 14.9. The van der Waals surface area contributed by atoms with Gasteiger partial charge < -0.3 is 5.11 Å². The van der Waals surface area contributed by atoms with Crippen molar-refractivity contribution in [2.45, 2.75) is 26.2 Å². The number of aromatic hydroxyl groups is 1. The first kappa shape index (κ1) is 14.8. The van der Waals surface area contributed by atoms with Gasteiger partial charge in [-0.3, -0.25) is 0 Å². The highest BCUT2D eigenvalue weighted by Gasteiger charge is 1.96. The van der Waals surface area contributed by atoms with Crippen molar-refractivity contribution < 1.29 is 5.11 Å². The zero-order chi connectivity index (χ0) is 14.9. The van der Waals surface area contributed by atoms with Crippen LogP contribution in [0.3, 0.4) is 0 Å². The molecule has 0 atom stereocenters. The van der Waals surface area contributed by atoms with E-state index in [9.17, 15) is 5.11 Å². The highest BCUT2D eigenvalue weighted by Crippen LogP contribution is 2.14. The highest BCUT2D eigenvalue weighted by atomic mass is 16.3. The van der Waals surface area contributed by atoms with Crippen LogP contribution in [0.5, 0.6) is 5.75 Å². The van der Waals surface area contributed by atoms with Crippen LogP contribution in [0, 0.1) is 23.7 Å². The van der Waals surface area contributed by atoms with Gasteiger partial charge in [0.25, 0.3) is 0 Å². The van der Waals surface area contributed by atoms with Gasteiger partial charge >= 0.3 is 0 Å². The van der Waals surface area contributed by atoms with E-state index in [1.807, 2.05) is 30.3 Å². The third-order valence-electron chi connectivity index (χ3n) is 3.04. The maximum Gasteiger partial charge on any atom is 0.131 e. The molecule has 0 saturated carbocycles. The van der Waals surface area contributed by atoms with Gasteiger partial charge in [-0.1, -0.05) is 61.3 Å². The Labute approximate surface area is 126 Å². The van der Waals surface area contributed by atoms with E-state index in [-0.39, 0.29) is 5.75 Å². The van der Waals surface area contributed by atoms with Gasteiger partial charge in [-0.15, -0.1) is 0 Å². The Morgan fingerprint density at radius 3 is 2.05 bits per heavy atom. The Morgan fingerprint density at radius 1 is 0.810 bits per heavy atom. The lowest BCUT2D eigenvalue weighted by Gasteiger charge is -1.96. The Bertz CT molecular complexity index is 720. The van der Waals surface area contributed by atoms with Crippen LogP contribution in [0.2, 0.25) is 0 Å². The van der Waals surface area contributed by atoms with E-state index in [1.165, 1.54) is 0 Å². The Morgan fingerprint density at radius 2 is 1.38 bits per heavy atom. The number of phenols is 1. The van der Waals surface area contributed by atoms with Crippen LogP contribution in [0.1, 0.15) is 42.9 Å². The van der Waals surface area contributed by atoms with Crippen LogP contribution in [-0.2, 0) is 0 Å². The van der Waals surface area contributed by atoms with E-state index in [4.69, 9.17) is 0 Å². The molecule has 0 heterocycles. The van der Waals surface area contributed by atoms with Crippen molar-refractivity contribution in [2.24, 2.45) is 0 Å². The van der Waals surface area contributed by atoms with Crippen LogP contribution in [0.25, 0.3) is 0 Å². The molecular formula is C20H18O. The Balaban J connectivity index is 2.25. The predicted octanol–water partition coefficient (Wildman–Crippen LogP) is 4.33. The average Bonchev–Trinajstić information content (AvgIpc) is 2.52. The standard InChI is InChI=1S/C20H18O/c1-2-3-4-5-10-17-11-6-7-12-18(17)15-16-19-13-8-9-14-20(19)21/h6-9,11-14,21H,2-4H2,1H3. The van der Waals surface area contributed by atoms with E-state index in [1.54, 1.807) is 18.2 Å². The number of unbranched alkanes of at least 4 members (excludes halogenated alkanes) is 2. The van der Waals surface area contributed by atoms with Crippen molar-refractivity contribution in [1.29, 1.82) is 0 Å². The van der Waals surface area contributed by atoms with Crippen molar-refractivity contribution >= 4 is 0 Å². The predicted molar refractivity (Wildman–Crippen MR) is 86.9 cm³/mol. The molecule has 0 radical (unpaired) electrons. The molecule has 0 spiro atoms. The minimum atomic E-state index is 0.205. The first-order valence-electron chi connectivity index (χ1n) is 7.19. The average molecular weight is 274 g/mol. The molecule has 1 N–H and O–H groups in total. The first-order valence-corrected chi connectivity index (χ1v) is 7.19. The van der Waals surface area contributed by atoms with Gasteiger partial charge in [0.2, 0.25) is 0 Å². The normalized spacial score (nSPS) is 9.19. The van der Waals surface area contributed by atoms with E-state index in [0.29, 0.717) is 5.56 Å². The summed E-state index contributed by atoms with van der Waals surface area (Å²) < 4.78 is 0. The summed E-state index contributed by atoms with van der Waals surface area (Å²) >= 11 is 0. The smallest absolute Gasteiger partial charge is 0.131 e. The maximum absolute atomic E-state index is 9.73. The summed E-state index contributed by atoms with van der Waals surface area (Å²) in [5.74, 6) is 12.7. The topological polar surface area (TPSA) is 20.2 Å². The number of para-hydroxylation sites is 1. The van der Waals surface area contributed by atoms with Crippen molar-refractivity contribution in [1.82, 2.24) is 0 Å². The number of phenolic OH excluding ortho intramolecular Hbond substituents is 1. The molecule has 1 heteroatoms. The quantitative estimate of drug-likeness (QED) is 0.638. The molecule has 1 nitrogen and oxygen atoms in total. The van der Waals surface area contributed by atoms with Crippen LogP contribution in [0.15, 0.2) is 48.5 Å². The van der Waals surface area contributed by atoms with Gasteiger partial charge in [-0.05, 0) is 30.7 Å². The minimum absolute atomic E-state index is 0.205. The maximum atomic E-state index is 9.73. The summed E-state index contributed by atoms with van der Waals surface area (Å²) in [5.41, 5.74) is 2.47. The zero-order valence-electron chi connectivity index (χ0n) is 12.2. The molecule has 0 amide bonds. The van der Waals surface area contributed by atoms with Gasteiger partial charge in [0.15, 0.2) is 0 Å². The summed E-state index contributed by atoms with van der Waals surface area (Å²) in [6.07, 6.45) is 3.19. The highest BCUT2D eigenvalue weighted by molar-refractivity contribution is 5.54. The van der Waals surface area contributed by atoms with Crippen LogP contribution < -0.4 is 0 Å². The molecule has 104 valence electrons. The zero-order valence-corrected chi connectivity index (χ0v) is 12.2. The third-order valence-corrected chi connectivity index (χ3v) is 3.04. The van der Waals surface area contributed by atoms with Crippen molar-refractivity contribution in [2.75, 3.05) is 0 Å². The molecule has 0 saturated heterocycles. The second-order valence-corrected chi connectivity index (χ2v) is 4.72. The summed E-state index contributed by atoms with van der Waals surface area (Å²) in [6.45, 7) is 2.16. The van der Waals surface area contributed by atoms with Gasteiger partial charge in [0.05, 0.1) is 5.56 Å². The van der Waals surface area contributed by atoms with Crippen LogP contribution in [0.4, 0.5) is 0 Å². The molecule has 21 heavy (non-hydrogen) atoms. The second kappa shape index (κ2) is 7.83. The molecule has 2 aromatic rings. The van der Waals surface area contributed by atoms with Gasteiger partial charge in [-0.25, -0.2) is 0 Å². The third kappa shape index (κ3) is 4.44. The lowest BCUT2D eigenvalue weighted by molar-refractivity contribution is 0.473. The first-order chi connectivity index (χ1) is 10.3. The molecule has 2 aromatic carbocycles. The van der Waals surface area contributed by atoms with Crippen molar-refractivity contribution in [3.63, 3.8) is 0 Å². The second-order valence-electron chi connectivity index (χ2n) is 4.72. The molecule has 0 aliphatic rings. The van der Waals surface area contributed by atoms with Crippen LogP contribution >= 0.6 is 0 Å². The molecule has 2 rings (SSSR count). The molecule has 0 aliphatic heterocycles. The fourth-order valence-corrected chi connectivity index (χ4v) is 1.84. The monoisotopic (exact) mass is 274 g/mol. The van der Waals surface area contributed by atoms with Crippen LogP contribution in [-0.4, -0.2) is 5.11 Å². The fraction of sp³-hybridized carbons (Fsp3) is 0.200. The number of hydrogen-bond acceptors (Lipinski definition) is 1. The van der Waals surface area contributed by atoms with E-state index in [2.05, 4.69) is 30.6 Å². The molecule has 0 aliphatic carbocycles. The molecule has 0 unspecified atom stereocenters. The summed E-state index contributed by atoms with van der Waals surface area (Å²) in [4.78, 5) is 0. The summed E-state index contributed by atoms with van der Waals surface area (Å²) in [5, 5.41) is 9.73. The summed E-state index contributed by atoms with van der Waals surface area (Å²) in [7, 11) is 0. The van der Waals surface area contributed by atoms with E-state index >= 15 is 0 Å². The minimum Gasteiger partial charge on any atom is -0.507 e. The fourth-order valence-electron chi connectivity index (χ4n) is 1.84. The van der Waals surface area contributed by atoms with Gasteiger partial charge in [-0.2, -0.15) is 0 Å². The van der Waals surface area contributed by atoms with Crippen molar-refractivity contribution in [3.05, 3.63) is 65.2 Å². The lowest BCUT2D eigenvalue weighted by Crippen LogP contribution is -1.83. The molecular weight excluding hydrogens is 256 g/mol. The van der Waals surface area contributed by atoms with Gasteiger partial charge in [0, 0.05) is 17.5 Å². The number of rotatable bonds is 2. The van der Waals surface area contributed by atoms with Gasteiger partial charge in [0.1, 0.15) is 5.75 Å². The van der Waals surface area contributed by atoms with E-state index < -0.39 is 0 Å². The largest absolute Gasteiger partial charge is 0.507 e. The Hall–Kier alpha value is -2.64.